The number of halogens is 3. The summed E-state index contributed by atoms with van der Waals surface area (Å²) >= 11 is 0. The fraction of sp³-hybridized carbons (Fsp3) is 0.467. The van der Waals surface area contributed by atoms with Crippen LogP contribution in [-0.2, 0) is 22.4 Å². The van der Waals surface area contributed by atoms with Crippen LogP contribution in [0.2, 0.25) is 0 Å². The summed E-state index contributed by atoms with van der Waals surface area (Å²) in [4.78, 5) is 27.2. The second kappa shape index (κ2) is 15.5. The van der Waals surface area contributed by atoms with Crippen molar-refractivity contribution in [1.82, 2.24) is 19.9 Å². The SMILES string of the molecule is O=C(O)C(CCN(CCCCc1ccc2c(n1)NCCC2)CCOCC(F)(F)F)Nc1ncncc1-c1ccccc1. The van der Waals surface area contributed by atoms with Crippen LogP contribution in [0.4, 0.5) is 24.8 Å². The Labute approximate surface area is 243 Å². The van der Waals surface area contributed by atoms with Crippen molar-refractivity contribution in [2.75, 3.05) is 50.0 Å². The van der Waals surface area contributed by atoms with Crippen LogP contribution in [0.15, 0.2) is 55.0 Å². The number of aromatic nitrogens is 3. The van der Waals surface area contributed by atoms with Gasteiger partial charge in [0.1, 0.15) is 30.6 Å². The maximum absolute atomic E-state index is 12.6. The molecule has 12 heteroatoms. The normalized spacial score (nSPS) is 13.8. The number of hydrogen-bond acceptors (Lipinski definition) is 8. The van der Waals surface area contributed by atoms with Crippen molar-refractivity contribution < 1.29 is 27.8 Å². The number of carbonyl (C=O) groups is 1. The van der Waals surface area contributed by atoms with E-state index in [9.17, 15) is 23.1 Å². The highest BCUT2D eigenvalue weighted by Crippen LogP contribution is 2.26. The zero-order valence-electron chi connectivity index (χ0n) is 23.4. The van der Waals surface area contributed by atoms with E-state index in [1.54, 1.807) is 6.20 Å². The minimum Gasteiger partial charge on any atom is -0.480 e. The summed E-state index contributed by atoms with van der Waals surface area (Å²) in [6.07, 6.45) is 3.32. The van der Waals surface area contributed by atoms with Crippen molar-refractivity contribution in [2.45, 2.75) is 50.7 Å². The van der Waals surface area contributed by atoms with E-state index in [2.05, 4.69) is 32.7 Å². The number of carboxylic acid groups (broad SMARTS) is 1. The minimum absolute atomic E-state index is 0.104. The molecule has 226 valence electrons. The van der Waals surface area contributed by atoms with Crippen molar-refractivity contribution in [2.24, 2.45) is 0 Å². The van der Waals surface area contributed by atoms with E-state index in [0.29, 0.717) is 24.5 Å². The molecule has 0 spiro atoms. The predicted molar refractivity (Wildman–Crippen MR) is 154 cm³/mol. The van der Waals surface area contributed by atoms with E-state index in [0.717, 1.165) is 55.7 Å². The second-order valence-corrected chi connectivity index (χ2v) is 10.3. The van der Waals surface area contributed by atoms with Crippen molar-refractivity contribution in [3.63, 3.8) is 0 Å². The first kappa shape index (κ1) is 31.2. The molecular formula is C30H37F3N6O3. The van der Waals surface area contributed by atoms with Crippen molar-refractivity contribution >= 4 is 17.6 Å². The molecule has 0 saturated heterocycles. The number of alkyl halides is 3. The molecule has 1 aliphatic rings. The maximum Gasteiger partial charge on any atom is 0.411 e. The quantitative estimate of drug-likeness (QED) is 0.198. The summed E-state index contributed by atoms with van der Waals surface area (Å²) in [7, 11) is 0. The van der Waals surface area contributed by atoms with Gasteiger partial charge in [0, 0.05) is 37.1 Å². The van der Waals surface area contributed by atoms with Crippen molar-refractivity contribution in [3.8, 4) is 11.1 Å². The average molecular weight is 587 g/mol. The third-order valence-electron chi connectivity index (χ3n) is 7.07. The standard InChI is InChI=1S/C30H37F3N6O3/c31-30(32,33)20-42-18-17-39(15-5-4-10-24-12-11-23-9-6-14-35-27(23)37-24)16-13-26(29(40)41)38-28-25(19-34-21-36-28)22-7-2-1-3-8-22/h1-3,7-8,11-12,19,21,26H,4-6,9-10,13-18,20H2,(H,35,37)(H,40,41)(H,34,36,38). The van der Waals surface area contributed by atoms with Crippen molar-refractivity contribution in [3.05, 3.63) is 66.2 Å². The van der Waals surface area contributed by atoms with E-state index in [4.69, 9.17) is 9.72 Å². The number of anilines is 2. The molecule has 1 aliphatic heterocycles. The van der Waals surface area contributed by atoms with E-state index >= 15 is 0 Å². The van der Waals surface area contributed by atoms with Gasteiger partial charge in [-0.2, -0.15) is 13.2 Å². The monoisotopic (exact) mass is 586 g/mol. The van der Waals surface area contributed by atoms with Gasteiger partial charge in [-0.1, -0.05) is 36.4 Å². The largest absolute Gasteiger partial charge is 0.480 e. The molecule has 0 saturated carbocycles. The molecule has 3 heterocycles. The molecule has 0 aliphatic carbocycles. The fourth-order valence-electron chi connectivity index (χ4n) is 4.87. The Balaban J connectivity index is 1.33. The van der Waals surface area contributed by atoms with Crippen LogP contribution >= 0.6 is 0 Å². The van der Waals surface area contributed by atoms with Crippen LogP contribution in [0.1, 0.15) is 36.9 Å². The first-order chi connectivity index (χ1) is 20.3. The molecule has 9 nitrogen and oxygen atoms in total. The van der Waals surface area contributed by atoms with Crippen LogP contribution in [0, 0.1) is 0 Å². The molecule has 0 radical (unpaired) electrons. The molecule has 3 aromatic rings. The van der Waals surface area contributed by atoms with Gasteiger partial charge >= 0.3 is 12.1 Å². The Hall–Kier alpha value is -3.77. The summed E-state index contributed by atoms with van der Waals surface area (Å²) in [6.45, 7) is 0.707. The highest BCUT2D eigenvalue weighted by Gasteiger charge is 2.27. The topological polar surface area (TPSA) is 112 Å². The number of rotatable bonds is 16. The molecule has 42 heavy (non-hydrogen) atoms. The molecule has 2 aromatic heterocycles. The molecule has 0 fully saturated rings. The number of hydrogen-bond donors (Lipinski definition) is 3. The number of fused-ring (bicyclic) bond motifs is 1. The maximum atomic E-state index is 12.6. The summed E-state index contributed by atoms with van der Waals surface area (Å²) in [6, 6.07) is 12.6. The Kier molecular flexibility index (Phi) is 11.5. The van der Waals surface area contributed by atoms with E-state index in [-0.39, 0.29) is 19.6 Å². The van der Waals surface area contributed by atoms with Gasteiger partial charge in [-0.15, -0.1) is 0 Å². The first-order valence-electron chi connectivity index (χ1n) is 14.2. The fourth-order valence-corrected chi connectivity index (χ4v) is 4.87. The van der Waals surface area contributed by atoms with Crippen LogP contribution in [0.3, 0.4) is 0 Å². The van der Waals surface area contributed by atoms with Crippen LogP contribution in [0.5, 0.6) is 0 Å². The third-order valence-corrected chi connectivity index (χ3v) is 7.07. The molecule has 1 aromatic carbocycles. The van der Waals surface area contributed by atoms with Gasteiger partial charge in [0.25, 0.3) is 0 Å². The Bertz CT molecular complexity index is 1280. The van der Waals surface area contributed by atoms with Crippen molar-refractivity contribution in [1.29, 1.82) is 0 Å². The Morgan fingerprint density at radius 1 is 1.12 bits per heavy atom. The van der Waals surface area contributed by atoms with E-state index in [1.165, 1.54) is 11.9 Å². The van der Waals surface area contributed by atoms with Crippen LogP contribution in [0.25, 0.3) is 11.1 Å². The molecule has 0 amide bonds. The lowest BCUT2D eigenvalue weighted by molar-refractivity contribution is -0.174. The smallest absolute Gasteiger partial charge is 0.411 e. The summed E-state index contributed by atoms with van der Waals surface area (Å²) in [5.74, 6) is 0.303. The third kappa shape index (κ3) is 9.95. The number of carboxylic acids is 1. The van der Waals surface area contributed by atoms with Crippen LogP contribution < -0.4 is 10.6 Å². The lowest BCUT2D eigenvalue weighted by Gasteiger charge is -2.25. The summed E-state index contributed by atoms with van der Waals surface area (Å²) < 4.78 is 42.5. The van der Waals surface area contributed by atoms with Gasteiger partial charge in [-0.25, -0.2) is 19.7 Å². The minimum atomic E-state index is -4.39. The molecule has 1 unspecified atom stereocenters. The van der Waals surface area contributed by atoms with Gasteiger partial charge in [-0.3, -0.25) is 0 Å². The number of unbranched alkanes of at least 4 members (excludes halogenated alkanes) is 1. The lowest BCUT2D eigenvalue weighted by Crippen LogP contribution is -2.37. The average Bonchev–Trinajstić information content (AvgIpc) is 2.99. The second-order valence-electron chi connectivity index (χ2n) is 10.3. The Morgan fingerprint density at radius 2 is 1.95 bits per heavy atom. The lowest BCUT2D eigenvalue weighted by atomic mass is 10.1. The zero-order chi connectivity index (χ0) is 29.8. The first-order valence-corrected chi connectivity index (χ1v) is 14.2. The van der Waals surface area contributed by atoms with Gasteiger partial charge in [0.05, 0.1) is 6.61 Å². The number of aliphatic carboxylic acids is 1. The Morgan fingerprint density at radius 3 is 2.74 bits per heavy atom. The molecule has 1 atom stereocenters. The zero-order valence-corrected chi connectivity index (χ0v) is 23.4. The highest BCUT2D eigenvalue weighted by atomic mass is 19.4. The number of ether oxygens (including phenoxy) is 1. The van der Waals surface area contributed by atoms with Crippen LogP contribution in [-0.4, -0.2) is 82.5 Å². The van der Waals surface area contributed by atoms with Gasteiger partial charge in [-0.05, 0) is 62.3 Å². The number of nitrogens with one attached hydrogen (secondary N) is 2. The highest BCUT2D eigenvalue weighted by molar-refractivity contribution is 5.81. The molecule has 3 N–H and O–H groups in total. The summed E-state index contributed by atoms with van der Waals surface area (Å²) in [5.41, 5.74) is 3.75. The molecule has 0 bridgehead atoms. The van der Waals surface area contributed by atoms with E-state index in [1.807, 2.05) is 35.2 Å². The van der Waals surface area contributed by atoms with Gasteiger partial charge in [0.15, 0.2) is 0 Å². The number of benzene rings is 1. The molecular weight excluding hydrogens is 549 g/mol. The number of nitrogens with zero attached hydrogens (tertiary/aromatic N) is 4. The predicted octanol–water partition coefficient (Wildman–Crippen LogP) is 5.06. The van der Waals surface area contributed by atoms with Gasteiger partial charge < -0.3 is 25.4 Å². The number of pyridine rings is 1. The van der Waals surface area contributed by atoms with E-state index < -0.39 is 24.8 Å². The summed E-state index contributed by atoms with van der Waals surface area (Å²) in [5, 5.41) is 16.3. The molecule has 4 rings (SSSR count). The number of aryl methyl sites for hydroxylation is 2. The van der Waals surface area contributed by atoms with Gasteiger partial charge in [0.2, 0.25) is 0 Å².